The van der Waals surface area contributed by atoms with E-state index in [1.54, 1.807) is 0 Å². The molecule has 0 aliphatic rings. The molecule has 0 amide bonds. The zero-order valence-electron chi connectivity index (χ0n) is 9.51. The van der Waals surface area contributed by atoms with Crippen LogP contribution in [0.4, 0.5) is 0 Å². The van der Waals surface area contributed by atoms with Crippen molar-refractivity contribution in [1.29, 1.82) is 0 Å². The second-order valence-corrected chi connectivity index (χ2v) is 3.43. The topological polar surface area (TPSA) is 96.2 Å². The lowest BCUT2D eigenvalue weighted by Crippen LogP contribution is -2.24. The fraction of sp³-hybridized carbons (Fsp3) is 0.364. The summed E-state index contributed by atoms with van der Waals surface area (Å²) in [5, 5.41) is 27.6. The minimum Gasteiger partial charge on any atom is -0.504 e. The van der Waals surface area contributed by atoms with Crippen LogP contribution in [0.15, 0.2) is 12.1 Å². The average molecular weight is 242 g/mol. The molecule has 0 bridgehead atoms. The highest BCUT2D eigenvalue weighted by molar-refractivity contribution is 5.72. The molecule has 0 aliphatic heterocycles. The molecule has 1 rings (SSSR count). The van der Waals surface area contributed by atoms with Gasteiger partial charge >= 0.3 is 5.97 Å². The largest absolute Gasteiger partial charge is 0.504 e. The Hall–Kier alpha value is -1.95. The van der Waals surface area contributed by atoms with E-state index in [0.717, 1.165) is 0 Å². The minimum absolute atomic E-state index is 0.0655. The molecule has 0 aromatic heterocycles. The highest BCUT2D eigenvalue weighted by Crippen LogP contribution is 2.36. The minimum atomic E-state index is -1.10. The van der Waals surface area contributed by atoms with Gasteiger partial charge in [0.2, 0.25) is 5.75 Å². The number of aliphatic carboxylic acids is 1. The number of carbonyl (C=O) groups is 1. The van der Waals surface area contributed by atoms with E-state index in [0.29, 0.717) is 5.56 Å². The third kappa shape index (κ3) is 3.01. The summed E-state index contributed by atoms with van der Waals surface area (Å²) in [5.41, 5.74) is 0.492. The summed E-state index contributed by atoms with van der Waals surface area (Å²) in [6.07, 6.45) is -0.945. The number of aromatic hydroxyl groups is 2. The molecule has 17 heavy (non-hydrogen) atoms. The van der Waals surface area contributed by atoms with Gasteiger partial charge < -0.3 is 24.8 Å². The van der Waals surface area contributed by atoms with E-state index in [1.807, 2.05) is 0 Å². The maximum atomic E-state index is 10.8. The molecule has 1 aromatic rings. The zero-order chi connectivity index (χ0) is 13.0. The van der Waals surface area contributed by atoms with Gasteiger partial charge in [-0.1, -0.05) is 0 Å². The van der Waals surface area contributed by atoms with Crippen LogP contribution < -0.4 is 4.74 Å². The van der Waals surface area contributed by atoms with E-state index in [1.165, 1.54) is 26.4 Å². The summed E-state index contributed by atoms with van der Waals surface area (Å²) in [4.78, 5) is 10.8. The summed E-state index contributed by atoms with van der Waals surface area (Å²) in [5.74, 6) is -1.75. The number of benzene rings is 1. The van der Waals surface area contributed by atoms with E-state index in [4.69, 9.17) is 14.6 Å². The quantitative estimate of drug-likeness (QED) is 0.659. The van der Waals surface area contributed by atoms with Gasteiger partial charge in [0.05, 0.1) is 7.11 Å². The number of carboxylic acid groups (broad SMARTS) is 1. The first kappa shape index (κ1) is 13.1. The van der Waals surface area contributed by atoms with Gasteiger partial charge in [0.1, 0.15) is 0 Å². The Bertz CT molecular complexity index is 415. The van der Waals surface area contributed by atoms with Gasteiger partial charge in [0.25, 0.3) is 0 Å². The summed E-state index contributed by atoms with van der Waals surface area (Å²) in [6, 6.07) is 2.72. The van der Waals surface area contributed by atoms with E-state index < -0.39 is 12.1 Å². The van der Waals surface area contributed by atoms with Crippen molar-refractivity contribution >= 4 is 5.97 Å². The van der Waals surface area contributed by atoms with Crippen LogP contribution in [0.1, 0.15) is 5.56 Å². The number of phenolic OH excluding ortho intramolecular Hbond substituents is 2. The van der Waals surface area contributed by atoms with Crippen LogP contribution >= 0.6 is 0 Å². The molecule has 0 aliphatic carbocycles. The van der Waals surface area contributed by atoms with Crippen molar-refractivity contribution in [2.45, 2.75) is 12.5 Å². The van der Waals surface area contributed by atoms with Gasteiger partial charge in [-0.05, 0) is 17.7 Å². The SMILES string of the molecule is COc1cc(CC(OC)C(=O)O)cc(O)c1O. The lowest BCUT2D eigenvalue weighted by Gasteiger charge is -2.12. The second-order valence-electron chi connectivity index (χ2n) is 3.43. The van der Waals surface area contributed by atoms with E-state index in [2.05, 4.69) is 0 Å². The Morgan fingerprint density at radius 3 is 2.47 bits per heavy atom. The first-order valence-electron chi connectivity index (χ1n) is 4.84. The van der Waals surface area contributed by atoms with Crippen molar-refractivity contribution in [3.8, 4) is 17.2 Å². The van der Waals surface area contributed by atoms with Gasteiger partial charge in [-0.3, -0.25) is 0 Å². The van der Waals surface area contributed by atoms with Gasteiger partial charge in [-0.25, -0.2) is 4.79 Å². The molecular weight excluding hydrogens is 228 g/mol. The predicted octanol–water partition coefficient (Wildman–Crippen LogP) is 0.748. The van der Waals surface area contributed by atoms with Crippen LogP contribution in [0.3, 0.4) is 0 Å². The molecule has 6 nitrogen and oxygen atoms in total. The molecule has 1 aromatic carbocycles. The molecule has 94 valence electrons. The van der Waals surface area contributed by atoms with Crippen LogP contribution in [0.5, 0.6) is 17.2 Å². The van der Waals surface area contributed by atoms with Crippen molar-refractivity contribution in [2.75, 3.05) is 14.2 Å². The monoisotopic (exact) mass is 242 g/mol. The molecule has 0 saturated carbocycles. The van der Waals surface area contributed by atoms with Crippen molar-refractivity contribution < 1.29 is 29.6 Å². The molecule has 6 heteroatoms. The van der Waals surface area contributed by atoms with Crippen LogP contribution in [0.25, 0.3) is 0 Å². The van der Waals surface area contributed by atoms with Crippen molar-refractivity contribution in [3.63, 3.8) is 0 Å². The lowest BCUT2D eigenvalue weighted by atomic mass is 10.1. The number of rotatable bonds is 5. The van der Waals surface area contributed by atoms with Crippen molar-refractivity contribution in [3.05, 3.63) is 17.7 Å². The Kier molecular flexibility index (Phi) is 4.17. The van der Waals surface area contributed by atoms with Gasteiger partial charge in [0, 0.05) is 13.5 Å². The molecule has 0 saturated heterocycles. The average Bonchev–Trinajstić information content (AvgIpc) is 2.29. The van der Waals surface area contributed by atoms with Crippen LogP contribution in [0.2, 0.25) is 0 Å². The lowest BCUT2D eigenvalue weighted by molar-refractivity contribution is -0.148. The molecule has 0 radical (unpaired) electrons. The predicted molar refractivity (Wildman–Crippen MR) is 58.5 cm³/mol. The molecular formula is C11H14O6. The molecule has 0 heterocycles. The fourth-order valence-corrected chi connectivity index (χ4v) is 1.41. The Morgan fingerprint density at radius 1 is 1.35 bits per heavy atom. The summed E-state index contributed by atoms with van der Waals surface area (Å²) in [7, 11) is 2.62. The standard InChI is InChI=1S/C11H14O6/c1-16-8-4-6(3-7(12)10(8)13)5-9(17-2)11(14)15/h3-4,9,12-13H,5H2,1-2H3,(H,14,15). The molecule has 0 fully saturated rings. The van der Waals surface area contributed by atoms with Gasteiger partial charge in [-0.15, -0.1) is 0 Å². The number of phenols is 2. The Labute approximate surface area is 98.0 Å². The number of carboxylic acids is 1. The fourth-order valence-electron chi connectivity index (χ4n) is 1.41. The highest BCUT2D eigenvalue weighted by Gasteiger charge is 2.19. The molecule has 1 unspecified atom stereocenters. The normalized spacial score (nSPS) is 12.1. The number of hydrogen-bond acceptors (Lipinski definition) is 5. The van der Waals surface area contributed by atoms with Crippen LogP contribution in [-0.4, -0.2) is 41.6 Å². The first-order valence-corrected chi connectivity index (χ1v) is 4.84. The zero-order valence-corrected chi connectivity index (χ0v) is 9.51. The second kappa shape index (κ2) is 5.40. The molecule has 1 atom stereocenters. The van der Waals surface area contributed by atoms with E-state index in [9.17, 15) is 15.0 Å². The number of hydrogen-bond donors (Lipinski definition) is 3. The van der Waals surface area contributed by atoms with Gasteiger partial charge in [0.15, 0.2) is 17.6 Å². The van der Waals surface area contributed by atoms with Crippen molar-refractivity contribution in [1.82, 2.24) is 0 Å². The maximum absolute atomic E-state index is 10.8. The third-order valence-electron chi connectivity index (χ3n) is 2.32. The highest BCUT2D eigenvalue weighted by atomic mass is 16.5. The summed E-state index contributed by atoms with van der Waals surface area (Å²) in [6.45, 7) is 0. The first-order chi connectivity index (χ1) is 7.99. The van der Waals surface area contributed by atoms with Crippen LogP contribution in [0, 0.1) is 0 Å². The third-order valence-corrected chi connectivity index (χ3v) is 2.32. The smallest absolute Gasteiger partial charge is 0.333 e. The van der Waals surface area contributed by atoms with Crippen LogP contribution in [-0.2, 0) is 16.0 Å². The summed E-state index contributed by atoms with van der Waals surface area (Å²) < 4.78 is 9.62. The Balaban J connectivity index is 2.99. The molecule has 0 spiro atoms. The number of ether oxygens (including phenoxy) is 2. The molecule has 3 N–H and O–H groups in total. The Morgan fingerprint density at radius 2 is 2.00 bits per heavy atom. The maximum Gasteiger partial charge on any atom is 0.333 e. The number of methoxy groups -OCH3 is 2. The van der Waals surface area contributed by atoms with Gasteiger partial charge in [-0.2, -0.15) is 0 Å². The summed E-state index contributed by atoms with van der Waals surface area (Å²) >= 11 is 0. The van der Waals surface area contributed by atoms with Crippen molar-refractivity contribution in [2.24, 2.45) is 0 Å². The van der Waals surface area contributed by atoms with E-state index in [-0.39, 0.29) is 23.7 Å². The van der Waals surface area contributed by atoms with E-state index >= 15 is 0 Å².